The van der Waals surface area contributed by atoms with E-state index < -0.39 is 10.0 Å². The second-order valence-electron chi connectivity index (χ2n) is 6.40. The molecule has 0 amide bonds. The first-order chi connectivity index (χ1) is 13.5. The Morgan fingerprint density at radius 1 is 0.821 bits per heavy atom. The Kier molecular flexibility index (Phi) is 4.41. The van der Waals surface area contributed by atoms with Gasteiger partial charge < -0.3 is 10.8 Å². The van der Waals surface area contributed by atoms with Gasteiger partial charge in [0.25, 0.3) is 10.0 Å². The van der Waals surface area contributed by atoms with Gasteiger partial charge in [0, 0.05) is 22.5 Å². The van der Waals surface area contributed by atoms with Crippen LogP contribution in [0.3, 0.4) is 0 Å². The third-order valence-electron chi connectivity index (χ3n) is 4.54. The van der Waals surface area contributed by atoms with Crippen LogP contribution >= 0.6 is 0 Å². The van der Waals surface area contributed by atoms with Crippen molar-refractivity contribution in [2.75, 3.05) is 10.5 Å². The largest absolute Gasteiger partial charge is 0.507 e. The van der Waals surface area contributed by atoms with Crippen LogP contribution in [0, 0.1) is 0 Å². The predicted octanol–water partition coefficient (Wildman–Crippen LogP) is 4.60. The minimum atomic E-state index is -3.73. The van der Waals surface area contributed by atoms with Gasteiger partial charge in [0.2, 0.25) is 0 Å². The van der Waals surface area contributed by atoms with E-state index in [1.54, 1.807) is 42.5 Å². The van der Waals surface area contributed by atoms with E-state index in [1.807, 2.05) is 30.3 Å². The molecule has 0 saturated carbocycles. The van der Waals surface area contributed by atoms with E-state index in [0.29, 0.717) is 22.5 Å². The summed E-state index contributed by atoms with van der Waals surface area (Å²) in [6.07, 6.45) is 0. The van der Waals surface area contributed by atoms with Crippen LogP contribution in [0.15, 0.2) is 89.8 Å². The first-order valence-corrected chi connectivity index (χ1v) is 10.1. The molecule has 0 aromatic heterocycles. The van der Waals surface area contributed by atoms with Gasteiger partial charge in [-0.25, -0.2) is 8.42 Å². The van der Waals surface area contributed by atoms with Crippen molar-refractivity contribution in [3.8, 4) is 16.9 Å². The van der Waals surface area contributed by atoms with Crippen LogP contribution in [-0.4, -0.2) is 13.5 Å². The molecule has 28 heavy (non-hydrogen) atoms. The summed E-state index contributed by atoms with van der Waals surface area (Å²) >= 11 is 0. The highest BCUT2D eigenvalue weighted by Crippen LogP contribution is 2.40. The van der Waals surface area contributed by atoms with E-state index in [4.69, 9.17) is 5.73 Å². The van der Waals surface area contributed by atoms with Gasteiger partial charge in [0.1, 0.15) is 5.75 Å². The van der Waals surface area contributed by atoms with Gasteiger partial charge in [-0.3, -0.25) is 4.72 Å². The fourth-order valence-electron chi connectivity index (χ4n) is 3.19. The zero-order valence-electron chi connectivity index (χ0n) is 14.8. The third-order valence-corrected chi connectivity index (χ3v) is 5.93. The zero-order chi connectivity index (χ0) is 19.7. The van der Waals surface area contributed by atoms with Crippen LogP contribution in [0.1, 0.15) is 0 Å². The molecule has 4 rings (SSSR count). The number of hydrogen-bond donors (Lipinski definition) is 3. The van der Waals surface area contributed by atoms with E-state index >= 15 is 0 Å². The summed E-state index contributed by atoms with van der Waals surface area (Å²) in [6, 6.07) is 24.1. The number of nitrogens with two attached hydrogens (primary N) is 1. The molecule has 0 heterocycles. The number of phenols is 1. The number of aromatic hydroxyl groups is 1. The molecule has 6 heteroatoms. The van der Waals surface area contributed by atoms with Crippen molar-refractivity contribution in [3.05, 3.63) is 84.9 Å². The Morgan fingerprint density at radius 2 is 1.54 bits per heavy atom. The lowest BCUT2D eigenvalue weighted by Crippen LogP contribution is -2.13. The smallest absolute Gasteiger partial charge is 0.261 e. The Balaban J connectivity index is 1.83. The molecule has 4 aromatic rings. The Hall–Kier alpha value is -3.51. The number of hydrogen-bond acceptors (Lipinski definition) is 4. The quantitative estimate of drug-likeness (QED) is 0.444. The lowest BCUT2D eigenvalue weighted by Gasteiger charge is -2.14. The Morgan fingerprint density at radius 3 is 2.32 bits per heavy atom. The highest BCUT2D eigenvalue weighted by Gasteiger charge is 2.17. The molecule has 0 bridgehead atoms. The van der Waals surface area contributed by atoms with Gasteiger partial charge in [-0.05, 0) is 47.2 Å². The highest BCUT2D eigenvalue weighted by atomic mass is 32.2. The molecule has 0 radical (unpaired) electrons. The second-order valence-corrected chi connectivity index (χ2v) is 8.08. The lowest BCUT2D eigenvalue weighted by molar-refractivity contribution is 0.478. The van der Waals surface area contributed by atoms with Crippen LogP contribution in [0.25, 0.3) is 21.9 Å². The fraction of sp³-hybridized carbons (Fsp3) is 0. The number of nitrogens with one attached hydrogen (secondary N) is 1. The van der Waals surface area contributed by atoms with Gasteiger partial charge in [-0.1, -0.05) is 48.5 Å². The second kappa shape index (κ2) is 6.90. The Bertz CT molecular complexity index is 1270. The van der Waals surface area contributed by atoms with Crippen LogP contribution in [0.5, 0.6) is 5.75 Å². The molecule has 0 unspecified atom stereocenters. The number of benzene rings is 4. The van der Waals surface area contributed by atoms with Crippen molar-refractivity contribution in [3.63, 3.8) is 0 Å². The summed E-state index contributed by atoms with van der Waals surface area (Å²) in [5, 5.41) is 12.3. The summed E-state index contributed by atoms with van der Waals surface area (Å²) in [7, 11) is -3.73. The van der Waals surface area contributed by atoms with E-state index in [9.17, 15) is 13.5 Å². The summed E-state index contributed by atoms with van der Waals surface area (Å²) < 4.78 is 27.8. The molecular formula is C22H18N2O3S. The molecule has 5 nitrogen and oxygen atoms in total. The molecule has 0 fully saturated rings. The molecule has 4 N–H and O–H groups in total. The lowest BCUT2D eigenvalue weighted by atomic mass is 9.96. The van der Waals surface area contributed by atoms with Gasteiger partial charge in [-0.15, -0.1) is 0 Å². The van der Waals surface area contributed by atoms with Gasteiger partial charge in [0.15, 0.2) is 0 Å². The average Bonchev–Trinajstić information content (AvgIpc) is 2.70. The molecule has 140 valence electrons. The maximum Gasteiger partial charge on any atom is 0.261 e. The molecule has 0 aliphatic rings. The van der Waals surface area contributed by atoms with E-state index in [1.165, 1.54) is 12.1 Å². The number of rotatable bonds is 4. The van der Waals surface area contributed by atoms with Crippen molar-refractivity contribution in [1.82, 2.24) is 0 Å². The van der Waals surface area contributed by atoms with Crippen LogP contribution in [0.2, 0.25) is 0 Å². The van der Waals surface area contributed by atoms with Gasteiger partial charge >= 0.3 is 0 Å². The molecule has 0 spiro atoms. The van der Waals surface area contributed by atoms with Crippen LogP contribution < -0.4 is 10.5 Å². The monoisotopic (exact) mass is 390 g/mol. The number of fused-ring (bicyclic) bond motifs is 1. The number of nitrogen functional groups attached to an aromatic ring is 1. The van der Waals surface area contributed by atoms with Crippen LogP contribution in [0.4, 0.5) is 11.4 Å². The van der Waals surface area contributed by atoms with Crippen LogP contribution in [-0.2, 0) is 10.0 Å². The van der Waals surface area contributed by atoms with Crippen molar-refractivity contribution in [1.29, 1.82) is 0 Å². The van der Waals surface area contributed by atoms with Gasteiger partial charge in [0.05, 0.1) is 4.90 Å². The van der Waals surface area contributed by atoms with E-state index in [-0.39, 0.29) is 10.6 Å². The SMILES string of the molecule is Nc1ccc(NS(=O)(=O)c2ccccc2)cc1-c1c(O)ccc2ccccc12. The predicted molar refractivity (Wildman–Crippen MR) is 113 cm³/mol. The van der Waals surface area contributed by atoms with E-state index in [2.05, 4.69) is 4.72 Å². The molecular weight excluding hydrogens is 372 g/mol. The Labute approximate surface area is 163 Å². The number of sulfonamides is 1. The van der Waals surface area contributed by atoms with Crippen molar-refractivity contribution in [2.24, 2.45) is 0 Å². The molecule has 0 atom stereocenters. The highest BCUT2D eigenvalue weighted by molar-refractivity contribution is 7.92. The third kappa shape index (κ3) is 3.25. The maximum absolute atomic E-state index is 12.6. The van der Waals surface area contributed by atoms with Gasteiger partial charge in [-0.2, -0.15) is 0 Å². The van der Waals surface area contributed by atoms with E-state index in [0.717, 1.165) is 10.8 Å². The minimum Gasteiger partial charge on any atom is -0.507 e. The van der Waals surface area contributed by atoms with Crippen molar-refractivity contribution >= 4 is 32.2 Å². The summed E-state index contributed by atoms with van der Waals surface area (Å²) in [5.74, 6) is 0.0773. The first-order valence-electron chi connectivity index (χ1n) is 8.64. The fourth-order valence-corrected chi connectivity index (χ4v) is 4.26. The van der Waals surface area contributed by atoms with Crippen molar-refractivity contribution < 1.29 is 13.5 Å². The number of phenolic OH excluding ortho intramolecular Hbond substituents is 1. The molecule has 0 aliphatic carbocycles. The molecule has 0 aliphatic heterocycles. The van der Waals surface area contributed by atoms with Crippen molar-refractivity contribution in [2.45, 2.75) is 4.90 Å². The summed E-state index contributed by atoms with van der Waals surface area (Å²) in [6.45, 7) is 0. The summed E-state index contributed by atoms with van der Waals surface area (Å²) in [5.41, 5.74) is 8.09. The standard InChI is InChI=1S/C22H18N2O3S/c23-20-12-11-16(24-28(26,27)17-7-2-1-3-8-17)14-19(20)22-18-9-5-4-6-15(18)10-13-21(22)25/h1-14,24-25H,23H2. The summed E-state index contributed by atoms with van der Waals surface area (Å²) in [4.78, 5) is 0.168. The normalized spacial score (nSPS) is 11.4. The molecule has 4 aromatic carbocycles. The first kappa shape index (κ1) is 17.9. The minimum absolute atomic E-state index is 0.0773. The zero-order valence-corrected chi connectivity index (χ0v) is 15.6. The average molecular weight is 390 g/mol. The molecule has 0 saturated heterocycles. The maximum atomic E-state index is 12.6. The number of anilines is 2. The topological polar surface area (TPSA) is 92.4 Å².